The van der Waals surface area contributed by atoms with Crippen LogP contribution in [0.2, 0.25) is 0 Å². The van der Waals surface area contributed by atoms with Crippen molar-refractivity contribution in [3.63, 3.8) is 0 Å². The van der Waals surface area contributed by atoms with E-state index in [1.165, 1.54) is 17.4 Å². The Morgan fingerprint density at radius 2 is 1.88 bits per heavy atom. The lowest BCUT2D eigenvalue weighted by molar-refractivity contribution is 0.161. The first-order chi connectivity index (χ1) is 7.88. The van der Waals surface area contributed by atoms with Gasteiger partial charge < -0.3 is 5.11 Å². The van der Waals surface area contributed by atoms with Gasteiger partial charge in [0.05, 0.1) is 11.9 Å². The lowest BCUT2D eigenvalue weighted by atomic mass is 10.0. The molecule has 1 unspecified atom stereocenters. The standard InChI is InChI=1S/C13H20O3S/c1-11-5-3-4-6-12(11)7-8-13(14)9-10-17(2,15)16/h3-6,13-14H,7-10H2,1-2H3. The molecule has 1 aromatic rings. The Kier molecular flexibility index (Phi) is 5.15. The molecule has 0 heterocycles. The number of hydrogen-bond donors (Lipinski definition) is 1. The zero-order valence-corrected chi connectivity index (χ0v) is 11.2. The first kappa shape index (κ1) is 14.2. The first-order valence-corrected chi connectivity index (χ1v) is 7.85. The first-order valence-electron chi connectivity index (χ1n) is 5.79. The van der Waals surface area contributed by atoms with Crippen LogP contribution >= 0.6 is 0 Å². The van der Waals surface area contributed by atoms with Crippen molar-refractivity contribution in [3.05, 3.63) is 35.4 Å². The summed E-state index contributed by atoms with van der Waals surface area (Å²) in [6, 6.07) is 8.04. The number of benzene rings is 1. The van der Waals surface area contributed by atoms with Crippen molar-refractivity contribution in [2.45, 2.75) is 32.3 Å². The Balaban J connectivity index is 2.39. The van der Waals surface area contributed by atoms with Crippen LogP contribution < -0.4 is 0 Å². The molecule has 0 amide bonds. The summed E-state index contributed by atoms with van der Waals surface area (Å²) in [6.45, 7) is 2.04. The summed E-state index contributed by atoms with van der Waals surface area (Å²) in [5.74, 6) is 0.0575. The Labute approximate surface area is 103 Å². The molecule has 3 nitrogen and oxygen atoms in total. The fourth-order valence-electron chi connectivity index (χ4n) is 1.71. The highest BCUT2D eigenvalue weighted by Crippen LogP contribution is 2.12. The molecular formula is C13H20O3S. The molecule has 0 radical (unpaired) electrons. The molecular weight excluding hydrogens is 236 g/mol. The van der Waals surface area contributed by atoms with Crippen LogP contribution in [0.5, 0.6) is 0 Å². The van der Waals surface area contributed by atoms with Crippen LogP contribution in [0, 0.1) is 6.92 Å². The van der Waals surface area contributed by atoms with Crippen molar-refractivity contribution < 1.29 is 13.5 Å². The number of aliphatic hydroxyl groups is 1. The summed E-state index contributed by atoms with van der Waals surface area (Å²) in [5.41, 5.74) is 2.42. The van der Waals surface area contributed by atoms with Crippen molar-refractivity contribution in [3.8, 4) is 0 Å². The molecule has 0 bridgehead atoms. The van der Waals surface area contributed by atoms with Crippen molar-refractivity contribution >= 4 is 9.84 Å². The highest BCUT2D eigenvalue weighted by Gasteiger charge is 2.09. The number of aliphatic hydroxyl groups excluding tert-OH is 1. The van der Waals surface area contributed by atoms with E-state index in [-0.39, 0.29) is 5.75 Å². The number of hydrogen-bond acceptors (Lipinski definition) is 3. The van der Waals surface area contributed by atoms with Gasteiger partial charge in [-0.2, -0.15) is 0 Å². The molecule has 0 fully saturated rings. The lowest BCUT2D eigenvalue weighted by Gasteiger charge is -2.11. The van der Waals surface area contributed by atoms with Crippen LogP contribution in [-0.4, -0.2) is 31.6 Å². The predicted molar refractivity (Wildman–Crippen MR) is 69.8 cm³/mol. The number of rotatable bonds is 6. The van der Waals surface area contributed by atoms with Crippen LogP contribution in [0.1, 0.15) is 24.0 Å². The second-order valence-electron chi connectivity index (χ2n) is 4.54. The molecule has 0 saturated heterocycles. The lowest BCUT2D eigenvalue weighted by Crippen LogP contribution is -2.14. The van der Waals surface area contributed by atoms with Gasteiger partial charge in [0, 0.05) is 6.26 Å². The summed E-state index contributed by atoms with van der Waals surface area (Å²) < 4.78 is 21.9. The van der Waals surface area contributed by atoms with Gasteiger partial charge in [0.15, 0.2) is 0 Å². The van der Waals surface area contributed by atoms with E-state index in [4.69, 9.17) is 0 Å². The zero-order valence-electron chi connectivity index (χ0n) is 10.4. The van der Waals surface area contributed by atoms with Gasteiger partial charge in [0.1, 0.15) is 9.84 Å². The quantitative estimate of drug-likeness (QED) is 0.843. The molecule has 0 aliphatic heterocycles. The van der Waals surface area contributed by atoms with Crippen LogP contribution in [0.15, 0.2) is 24.3 Å². The van der Waals surface area contributed by atoms with Crippen molar-refractivity contribution in [2.75, 3.05) is 12.0 Å². The second kappa shape index (κ2) is 6.17. The van der Waals surface area contributed by atoms with E-state index in [1.807, 2.05) is 31.2 Å². The molecule has 1 N–H and O–H groups in total. The van der Waals surface area contributed by atoms with Crippen molar-refractivity contribution in [1.82, 2.24) is 0 Å². The molecule has 0 aliphatic rings. The number of aryl methyl sites for hydroxylation is 2. The molecule has 0 saturated carbocycles. The van der Waals surface area contributed by atoms with E-state index in [0.717, 1.165) is 6.42 Å². The monoisotopic (exact) mass is 256 g/mol. The second-order valence-corrected chi connectivity index (χ2v) is 6.80. The van der Waals surface area contributed by atoms with E-state index in [1.54, 1.807) is 0 Å². The van der Waals surface area contributed by atoms with Gasteiger partial charge in [-0.15, -0.1) is 0 Å². The molecule has 96 valence electrons. The topological polar surface area (TPSA) is 54.4 Å². The summed E-state index contributed by atoms with van der Waals surface area (Å²) in [6.07, 6.45) is 2.38. The summed E-state index contributed by atoms with van der Waals surface area (Å²) >= 11 is 0. The van der Waals surface area contributed by atoms with Crippen molar-refractivity contribution in [1.29, 1.82) is 0 Å². The largest absolute Gasteiger partial charge is 0.393 e. The Bertz CT molecular complexity index is 451. The summed E-state index contributed by atoms with van der Waals surface area (Å²) in [5, 5.41) is 9.70. The van der Waals surface area contributed by atoms with E-state index < -0.39 is 15.9 Å². The van der Waals surface area contributed by atoms with Gasteiger partial charge in [-0.3, -0.25) is 0 Å². The van der Waals surface area contributed by atoms with E-state index in [9.17, 15) is 13.5 Å². The molecule has 17 heavy (non-hydrogen) atoms. The fraction of sp³-hybridized carbons (Fsp3) is 0.538. The maximum absolute atomic E-state index is 11.0. The van der Waals surface area contributed by atoms with Crippen molar-refractivity contribution in [2.24, 2.45) is 0 Å². The van der Waals surface area contributed by atoms with Gasteiger partial charge in [0.2, 0.25) is 0 Å². The van der Waals surface area contributed by atoms with Crippen LogP contribution in [0.25, 0.3) is 0 Å². The maximum atomic E-state index is 11.0. The van der Waals surface area contributed by atoms with Gasteiger partial charge in [0.25, 0.3) is 0 Å². The van der Waals surface area contributed by atoms with Crippen LogP contribution in [-0.2, 0) is 16.3 Å². The number of sulfone groups is 1. The molecule has 0 aromatic heterocycles. The highest BCUT2D eigenvalue weighted by atomic mass is 32.2. The average Bonchev–Trinajstić information content (AvgIpc) is 2.24. The van der Waals surface area contributed by atoms with Gasteiger partial charge >= 0.3 is 0 Å². The highest BCUT2D eigenvalue weighted by molar-refractivity contribution is 7.90. The molecule has 0 aliphatic carbocycles. The Morgan fingerprint density at radius 3 is 2.47 bits per heavy atom. The Hall–Kier alpha value is -0.870. The minimum Gasteiger partial charge on any atom is -0.393 e. The van der Waals surface area contributed by atoms with E-state index in [0.29, 0.717) is 12.8 Å². The smallest absolute Gasteiger partial charge is 0.147 e. The molecule has 0 spiro atoms. The molecule has 1 atom stereocenters. The third-order valence-corrected chi connectivity index (χ3v) is 3.81. The molecule has 4 heteroatoms. The van der Waals surface area contributed by atoms with E-state index >= 15 is 0 Å². The normalized spacial score (nSPS) is 13.6. The maximum Gasteiger partial charge on any atom is 0.147 e. The predicted octanol–water partition coefficient (Wildman–Crippen LogP) is 1.72. The Morgan fingerprint density at radius 1 is 1.24 bits per heavy atom. The van der Waals surface area contributed by atoms with Gasteiger partial charge in [-0.05, 0) is 37.3 Å². The van der Waals surface area contributed by atoms with Gasteiger partial charge in [-0.25, -0.2) is 8.42 Å². The molecule has 1 rings (SSSR count). The van der Waals surface area contributed by atoms with Crippen LogP contribution in [0.4, 0.5) is 0 Å². The van der Waals surface area contributed by atoms with E-state index in [2.05, 4.69) is 0 Å². The molecule has 1 aromatic carbocycles. The van der Waals surface area contributed by atoms with Gasteiger partial charge in [-0.1, -0.05) is 24.3 Å². The minimum atomic E-state index is -2.97. The zero-order chi connectivity index (χ0) is 12.9. The van der Waals surface area contributed by atoms with Crippen LogP contribution in [0.3, 0.4) is 0 Å². The minimum absolute atomic E-state index is 0.0575. The summed E-state index contributed by atoms with van der Waals surface area (Å²) in [7, 11) is -2.97. The average molecular weight is 256 g/mol. The third-order valence-electron chi connectivity index (χ3n) is 2.83. The SMILES string of the molecule is Cc1ccccc1CCC(O)CCS(C)(=O)=O. The third kappa shape index (κ3) is 5.84. The summed E-state index contributed by atoms with van der Waals surface area (Å²) in [4.78, 5) is 0. The fourth-order valence-corrected chi connectivity index (χ4v) is 2.41.